The normalized spacial score (nSPS) is 34.7. The van der Waals surface area contributed by atoms with Crippen LogP contribution < -0.4 is 0 Å². The molecular weight excluding hydrogens is 135 g/mol. The zero-order valence-corrected chi connectivity index (χ0v) is 5.71. The van der Waals surface area contributed by atoms with Gasteiger partial charge in [0.25, 0.3) is 0 Å². The molecule has 0 fully saturated rings. The van der Waals surface area contributed by atoms with E-state index in [1.807, 2.05) is 0 Å². The lowest BCUT2D eigenvalue weighted by Gasteiger charge is -2.07. The van der Waals surface area contributed by atoms with Gasteiger partial charge in [-0.1, -0.05) is 0 Å². The monoisotopic (exact) mass is 142 g/mol. The highest BCUT2D eigenvalue weighted by Gasteiger charge is 2.19. The summed E-state index contributed by atoms with van der Waals surface area (Å²) < 4.78 is 4.98. The van der Waals surface area contributed by atoms with Gasteiger partial charge in [0.15, 0.2) is 0 Å². The molecule has 1 rings (SSSR count). The van der Waals surface area contributed by atoms with Gasteiger partial charge < -0.3 is 9.84 Å². The summed E-state index contributed by atoms with van der Waals surface area (Å²) in [5.41, 5.74) is 0. The molecule has 1 aliphatic rings. The van der Waals surface area contributed by atoms with Crippen molar-refractivity contribution in [1.29, 1.82) is 0 Å². The van der Waals surface area contributed by atoms with E-state index in [1.165, 1.54) is 0 Å². The molecule has 4 heteroatoms. The second kappa shape index (κ2) is 2.77. The van der Waals surface area contributed by atoms with Gasteiger partial charge in [-0.05, 0) is 11.0 Å². The smallest absolute Gasteiger partial charge is 0.116 e. The van der Waals surface area contributed by atoms with Gasteiger partial charge >= 0.3 is 0 Å². The molecule has 2 atom stereocenters. The molecule has 2 nitrogen and oxygen atoms in total. The molecular formula is C5H7BO2S. The van der Waals surface area contributed by atoms with E-state index in [9.17, 15) is 0 Å². The summed E-state index contributed by atoms with van der Waals surface area (Å²) in [6, 6.07) is -0.439. The summed E-state index contributed by atoms with van der Waals surface area (Å²) in [6.07, 6.45) is 1.45. The third-order valence-electron chi connectivity index (χ3n) is 1.15. The van der Waals surface area contributed by atoms with Crippen molar-refractivity contribution >= 4 is 20.5 Å². The van der Waals surface area contributed by atoms with Crippen molar-refractivity contribution in [2.45, 2.75) is 12.1 Å². The van der Waals surface area contributed by atoms with Crippen LogP contribution in [0.1, 0.15) is 0 Å². The van der Waals surface area contributed by atoms with Crippen LogP contribution in [0.15, 0.2) is 11.0 Å². The summed E-state index contributed by atoms with van der Waals surface area (Å²) in [6.45, 7) is -0.0300. The average Bonchev–Trinajstić information content (AvgIpc) is 2.13. The molecule has 0 aliphatic carbocycles. The highest BCUT2D eigenvalue weighted by atomic mass is 32.1. The maximum Gasteiger partial charge on any atom is 0.116 e. The highest BCUT2D eigenvalue weighted by molar-refractivity contribution is 7.84. The molecule has 0 unspecified atom stereocenters. The first-order chi connectivity index (χ1) is 4.24. The Morgan fingerprint density at radius 2 is 2.56 bits per heavy atom. The van der Waals surface area contributed by atoms with Gasteiger partial charge in [0.2, 0.25) is 0 Å². The molecule has 2 radical (unpaired) electrons. The van der Waals surface area contributed by atoms with Crippen LogP contribution in [0.4, 0.5) is 0 Å². The van der Waals surface area contributed by atoms with Crippen LogP contribution in [0.5, 0.6) is 0 Å². The van der Waals surface area contributed by atoms with Crippen LogP contribution >= 0.6 is 12.6 Å². The van der Waals surface area contributed by atoms with Gasteiger partial charge in [0.1, 0.15) is 7.85 Å². The second-order valence-corrected chi connectivity index (χ2v) is 2.39. The van der Waals surface area contributed by atoms with E-state index in [-0.39, 0.29) is 12.7 Å². The third-order valence-corrected chi connectivity index (χ3v) is 1.55. The van der Waals surface area contributed by atoms with E-state index in [4.69, 9.17) is 17.7 Å². The maximum atomic E-state index is 8.54. The fraction of sp³-hybridized carbons (Fsp3) is 0.600. The van der Waals surface area contributed by atoms with Crippen molar-refractivity contribution in [3.8, 4) is 0 Å². The Hall–Kier alpha value is 0.0749. The Morgan fingerprint density at radius 3 is 2.78 bits per heavy atom. The topological polar surface area (TPSA) is 29.5 Å². The Labute approximate surface area is 60.7 Å². The van der Waals surface area contributed by atoms with E-state index >= 15 is 0 Å². The molecule has 1 heterocycles. The Balaban J connectivity index is 2.52. The zero-order chi connectivity index (χ0) is 6.85. The summed E-state index contributed by atoms with van der Waals surface area (Å²) >= 11 is 4.00. The van der Waals surface area contributed by atoms with Crippen molar-refractivity contribution in [2.75, 3.05) is 6.61 Å². The number of aliphatic hydroxyl groups excluding tert-OH is 1. The second-order valence-electron chi connectivity index (χ2n) is 1.87. The first kappa shape index (κ1) is 7.19. The number of aliphatic hydroxyl groups is 1. The van der Waals surface area contributed by atoms with Gasteiger partial charge in [-0.25, -0.2) is 0 Å². The molecule has 0 bridgehead atoms. The van der Waals surface area contributed by atoms with Gasteiger partial charge in [0.05, 0.1) is 12.7 Å². The molecule has 0 aromatic rings. The van der Waals surface area contributed by atoms with Gasteiger partial charge in [-0.3, -0.25) is 0 Å². The van der Waals surface area contributed by atoms with E-state index in [2.05, 4.69) is 12.6 Å². The first-order valence-electron chi connectivity index (χ1n) is 2.66. The van der Waals surface area contributed by atoms with Crippen LogP contribution in [0.3, 0.4) is 0 Å². The summed E-state index contributed by atoms with van der Waals surface area (Å²) in [5, 5.41) is 8.54. The molecule has 0 saturated heterocycles. The SMILES string of the molecule is [B][C@@H]1O[C@H](CO)C=C1S. The number of hydrogen-bond acceptors (Lipinski definition) is 3. The molecule has 0 amide bonds. The Bertz CT molecular complexity index is 137. The van der Waals surface area contributed by atoms with E-state index in [1.54, 1.807) is 6.08 Å². The Kier molecular flexibility index (Phi) is 2.21. The largest absolute Gasteiger partial charge is 0.393 e. The zero-order valence-electron chi connectivity index (χ0n) is 4.82. The molecule has 0 saturated carbocycles. The van der Waals surface area contributed by atoms with Crippen molar-refractivity contribution in [3.05, 3.63) is 11.0 Å². The first-order valence-corrected chi connectivity index (χ1v) is 3.11. The minimum atomic E-state index is -0.439. The van der Waals surface area contributed by atoms with Crippen molar-refractivity contribution in [2.24, 2.45) is 0 Å². The van der Waals surface area contributed by atoms with Crippen LogP contribution in [0, 0.1) is 0 Å². The Morgan fingerprint density at radius 1 is 1.89 bits per heavy atom. The van der Waals surface area contributed by atoms with Gasteiger partial charge in [-0.2, -0.15) is 0 Å². The lowest BCUT2D eigenvalue weighted by Crippen LogP contribution is -2.15. The van der Waals surface area contributed by atoms with Crippen molar-refractivity contribution in [3.63, 3.8) is 0 Å². The van der Waals surface area contributed by atoms with E-state index < -0.39 is 6.00 Å². The molecule has 1 N–H and O–H groups in total. The van der Waals surface area contributed by atoms with Crippen LogP contribution in [0.2, 0.25) is 0 Å². The standard InChI is InChI=1S/C5H7BO2S/c6-5-4(9)1-3(2-7)8-5/h1,3,5,7,9H,2H2/t3-,5+/m0/s1. The summed E-state index contributed by atoms with van der Waals surface area (Å²) in [4.78, 5) is 0.689. The minimum Gasteiger partial charge on any atom is -0.393 e. The van der Waals surface area contributed by atoms with E-state index in [0.29, 0.717) is 4.91 Å². The number of ether oxygens (including phenoxy) is 1. The molecule has 0 aromatic carbocycles. The molecule has 0 spiro atoms. The maximum absolute atomic E-state index is 8.54. The van der Waals surface area contributed by atoms with Gasteiger partial charge in [0, 0.05) is 6.00 Å². The lowest BCUT2D eigenvalue weighted by molar-refractivity contribution is 0.0574. The van der Waals surface area contributed by atoms with Crippen LogP contribution in [-0.2, 0) is 4.74 Å². The fourth-order valence-electron chi connectivity index (χ4n) is 0.678. The summed E-state index contributed by atoms with van der Waals surface area (Å²) in [5.74, 6) is 0. The predicted octanol–water partition coefficient (Wildman–Crippen LogP) is -0.314. The molecule has 1 aliphatic heterocycles. The van der Waals surface area contributed by atoms with Crippen LogP contribution in [0.25, 0.3) is 0 Å². The van der Waals surface area contributed by atoms with E-state index in [0.717, 1.165) is 0 Å². The molecule has 48 valence electrons. The number of hydrogen-bond donors (Lipinski definition) is 2. The van der Waals surface area contributed by atoms with Crippen LogP contribution in [-0.4, -0.2) is 31.7 Å². The predicted molar refractivity (Wildman–Crippen MR) is 38.6 cm³/mol. The quantitative estimate of drug-likeness (QED) is 0.388. The average molecular weight is 142 g/mol. The van der Waals surface area contributed by atoms with Gasteiger partial charge in [-0.15, -0.1) is 12.6 Å². The molecule has 9 heavy (non-hydrogen) atoms. The minimum absolute atomic E-state index is 0.0300. The fourth-order valence-corrected chi connectivity index (χ4v) is 0.905. The summed E-state index contributed by atoms with van der Waals surface area (Å²) in [7, 11) is 5.37. The number of thiol groups is 1. The lowest BCUT2D eigenvalue weighted by atomic mass is 10.0. The molecule has 0 aromatic heterocycles. The third kappa shape index (κ3) is 1.50. The number of rotatable bonds is 1. The van der Waals surface area contributed by atoms with Crippen molar-refractivity contribution in [1.82, 2.24) is 0 Å². The van der Waals surface area contributed by atoms with Crippen molar-refractivity contribution < 1.29 is 9.84 Å². The highest BCUT2D eigenvalue weighted by Crippen LogP contribution is 2.19.